The third-order valence-electron chi connectivity index (χ3n) is 2.21. The molecule has 0 aliphatic carbocycles. The van der Waals surface area contributed by atoms with E-state index in [-0.39, 0.29) is 30.6 Å². The molecular formula is C9H9F2N3O. The van der Waals surface area contributed by atoms with Crippen LogP contribution in [0, 0.1) is 11.9 Å². The minimum Gasteiger partial charge on any atom is -0.326 e. The van der Waals surface area contributed by atoms with Gasteiger partial charge in [-0.15, -0.1) is 0 Å². The maximum atomic E-state index is 12.8. The van der Waals surface area contributed by atoms with Crippen molar-refractivity contribution in [1.82, 2.24) is 4.98 Å². The van der Waals surface area contributed by atoms with Crippen molar-refractivity contribution in [3.8, 4) is 0 Å². The number of aromatic nitrogens is 1. The van der Waals surface area contributed by atoms with Crippen LogP contribution in [0.5, 0.6) is 0 Å². The summed E-state index contributed by atoms with van der Waals surface area (Å²) in [6.07, 6.45) is 0.200. The highest BCUT2D eigenvalue weighted by Crippen LogP contribution is 2.21. The van der Waals surface area contributed by atoms with Crippen molar-refractivity contribution in [3.05, 3.63) is 24.0 Å². The van der Waals surface area contributed by atoms with Crippen LogP contribution in [0.15, 0.2) is 12.1 Å². The van der Waals surface area contributed by atoms with Crippen LogP contribution >= 0.6 is 0 Å². The number of pyridine rings is 1. The molecule has 1 aliphatic rings. The summed E-state index contributed by atoms with van der Waals surface area (Å²) in [5.74, 6) is -2.12. The number of amides is 1. The maximum absolute atomic E-state index is 12.8. The van der Waals surface area contributed by atoms with E-state index in [0.29, 0.717) is 0 Å². The zero-order chi connectivity index (χ0) is 11.0. The quantitative estimate of drug-likeness (QED) is 0.688. The molecule has 2 rings (SSSR count). The second kappa shape index (κ2) is 3.54. The fourth-order valence-electron chi connectivity index (χ4n) is 1.59. The molecule has 0 spiro atoms. The molecule has 1 fully saturated rings. The minimum absolute atomic E-state index is 0.165. The van der Waals surface area contributed by atoms with Gasteiger partial charge in [0.25, 0.3) is 0 Å². The summed E-state index contributed by atoms with van der Waals surface area (Å²) in [6, 6.07) is 1.75. The first-order valence-corrected chi connectivity index (χ1v) is 4.45. The van der Waals surface area contributed by atoms with Gasteiger partial charge in [0.05, 0.1) is 5.69 Å². The van der Waals surface area contributed by atoms with E-state index in [1.165, 1.54) is 4.90 Å². The molecule has 1 amide bonds. The lowest BCUT2D eigenvalue weighted by Gasteiger charge is -2.15. The van der Waals surface area contributed by atoms with E-state index in [2.05, 4.69) is 4.98 Å². The Labute approximate surface area is 84.7 Å². The number of carbonyl (C=O) groups is 1. The lowest BCUT2D eigenvalue weighted by molar-refractivity contribution is -0.117. The molecule has 80 valence electrons. The highest BCUT2D eigenvalue weighted by Gasteiger charge is 2.28. The molecule has 1 aromatic rings. The number of hydrogen-bond donors (Lipinski definition) is 1. The van der Waals surface area contributed by atoms with E-state index >= 15 is 0 Å². The molecule has 0 aromatic carbocycles. The lowest BCUT2D eigenvalue weighted by atomic mass is 10.3. The zero-order valence-electron chi connectivity index (χ0n) is 7.78. The van der Waals surface area contributed by atoms with E-state index < -0.39 is 11.9 Å². The van der Waals surface area contributed by atoms with Gasteiger partial charge in [0, 0.05) is 31.1 Å². The molecule has 2 heterocycles. The molecule has 1 aromatic heterocycles. The van der Waals surface area contributed by atoms with E-state index in [1.807, 2.05) is 0 Å². The van der Waals surface area contributed by atoms with Gasteiger partial charge in [-0.3, -0.25) is 4.79 Å². The molecule has 0 radical (unpaired) electrons. The van der Waals surface area contributed by atoms with Gasteiger partial charge in [0.2, 0.25) is 17.8 Å². The van der Waals surface area contributed by atoms with Crippen LogP contribution in [0.3, 0.4) is 0 Å². The van der Waals surface area contributed by atoms with Crippen molar-refractivity contribution < 1.29 is 13.6 Å². The highest BCUT2D eigenvalue weighted by atomic mass is 19.1. The van der Waals surface area contributed by atoms with E-state index in [4.69, 9.17) is 5.73 Å². The first kappa shape index (κ1) is 9.97. The average molecular weight is 213 g/mol. The Bertz CT molecular complexity index is 390. The number of rotatable bonds is 1. The summed E-state index contributed by atoms with van der Waals surface area (Å²) in [5, 5.41) is 0. The SMILES string of the molecule is NC1CC(=O)N(c2cc(F)nc(F)c2)C1. The number of halogens is 2. The molecule has 6 heteroatoms. The minimum atomic E-state index is -0.946. The van der Waals surface area contributed by atoms with Crippen LogP contribution in [0.4, 0.5) is 14.5 Å². The van der Waals surface area contributed by atoms with Crippen LogP contribution < -0.4 is 10.6 Å². The van der Waals surface area contributed by atoms with Gasteiger partial charge in [0.15, 0.2) is 0 Å². The van der Waals surface area contributed by atoms with E-state index in [9.17, 15) is 13.6 Å². The first-order chi connectivity index (χ1) is 7.06. The van der Waals surface area contributed by atoms with Gasteiger partial charge in [0.1, 0.15) is 0 Å². The zero-order valence-corrected chi connectivity index (χ0v) is 7.78. The second-order valence-electron chi connectivity index (χ2n) is 3.44. The molecule has 15 heavy (non-hydrogen) atoms. The topological polar surface area (TPSA) is 59.2 Å². The number of anilines is 1. The van der Waals surface area contributed by atoms with Gasteiger partial charge in [-0.2, -0.15) is 13.8 Å². The van der Waals surface area contributed by atoms with Gasteiger partial charge in [-0.05, 0) is 0 Å². The fourth-order valence-corrected chi connectivity index (χ4v) is 1.59. The van der Waals surface area contributed by atoms with Gasteiger partial charge in [-0.1, -0.05) is 0 Å². The Balaban J connectivity index is 2.33. The summed E-state index contributed by atoms with van der Waals surface area (Å²) in [6.45, 7) is 0.279. The first-order valence-electron chi connectivity index (χ1n) is 4.45. The third-order valence-corrected chi connectivity index (χ3v) is 2.21. The number of nitrogens with zero attached hydrogens (tertiary/aromatic N) is 2. The van der Waals surface area contributed by atoms with Crippen molar-refractivity contribution in [3.63, 3.8) is 0 Å². The predicted octanol–water partition coefficient (Wildman–Crippen LogP) is 0.424. The monoisotopic (exact) mass is 213 g/mol. The smallest absolute Gasteiger partial charge is 0.228 e. The van der Waals surface area contributed by atoms with Crippen molar-refractivity contribution in [2.24, 2.45) is 5.73 Å². The summed E-state index contributed by atoms with van der Waals surface area (Å²) in [7, 11) is 0. The Hall–Kier alpha value is -1.56. The maximum Gasteiger partial charge on any atom is 0.228 e. The fraction of sp³-hybridized carbons (Fsp3) is 0.333. The molecule has 1 unspecified atom stereocenters. The summed E-state index contributed by atoms with van der Waals surface area (Å²) < 4.78 is 25.6. The Morgan fingerprint density at radius 3 is 2.47 bits per heavy atom. The molecular weight excluding hydrogens is 204 g/mol. The number of nitrogens with two attached hydrogens (primary N) is 1. The number of carbonyl (C=O) groups excluding carboxylic acids is 1. The van der Waals surface area contributed by atoms with Gasteiger partial charge < -0.3 is 10.6 Å². The molecule has 4 nitrogen and oxygen atoms in total. The van der Waals surface area contributed by atoms with Crippen LogP contribution in [-0.2, 0) is 4.79 Å². The molecule has 1 aliphatic heterocycles. The largest absolute Gasteiger partial charge is 0.326 e. The summed E-state index contributed by atoms with van der Waals surface area (Å²) in [4.78, 5) is 15.6. The lowest BCUT2D eigenvalue weighted by Crippen LogP contribution is -2.28. The normalized spacial score (nSPS) is 21.1. The van der Waals surface area contributed by atoms with Crippen LogP contribution in [-0.4, -0.2) is 23.5 Å². The average Bonchev–Trinajstić information content (AvgIpc) is 2.43. The standard InChI is InChI=1S/C9H9F2N3O/c10-7-2-6(3-8(11)13-7)14-4-5(12)1-9(14)15/h2-3,5H,1,4,12H2. The second-order valence-corrected chi connectivity index (χ2v) is 3.44. The summed E-state index contributed by atoms with van der Waals surface area (Å²) >= 11 is 0. The third kappa shape index (κ3) is 1.94. The van der Waals surface area contributed by atoms with Crippen LogP contribution in [0.25, 0.3) is 0 Å². The van der Waals surface area contributed by atoms with Gasteiger partial charge in [-0.25, -0.2) is 0 Å². The van der Waals surface area contributed by atoms with Crippen molar-refractivity contribution in [1.29, 1.82) is 0 Å². The van der Waals surface area contributed by atoms with Crippen molar-refractivity contribution in [2.75, 3.05) is 11.4 Å². The van der Waals surface area contributed by atoms with Crippen molar-refractivity contribution in [2.45, 2.75) is 12.5 Å². The highest BCUT2D eigenvalue weighted by molar-refractivity contribution is 5.96. The van der Waals surface area contributed by atoms with E-state index in [1.54, 1.807) is 0 Å². The van der Waals surface area contributed by atoms with Crippen molar-refractivity contribution >= 4 is 11.6 Å². The Morgan fingerprint density at radius 2 is 2.00 bits per heavy atom. The van der Waals surface area contributed by atoms with Gasteiger partial charge >= 0.3 is 0 Å². The molecule has 0 saturated carbocycles. The molecule has 1 atom stereocenters. The summed E-state index contributed by atoms with van der Waals surface area (Å²) in [5.41, 5.74) is 5.73. The van der Waals surface area contributed by atoms with Crippen LogP contribution in [0.1, 0.15) is 6.42 Å². The Kier molecular flexibility index (Phi) is 2.36. The molecule has 2 N–H and O–H groups in total. The molecule has 1 saturated heterocycles. The van der Waals surface area contributed by atoms with E-state index in [0.717, 1.165) is 12.1 Å². The van der Waals surface area contributed by atoms with Crippen LogP contribution in [0.2, 0.25) is 0 Å². The predicted molar refractivity (Wildman–Crippen MR) is 49.1 cm³/mol. The Morgan fingerprint density at radius 1 is 1.40 bits per heavy atom. The molecule has 0 bridgehead atoms. The number of hydrogen-bond acceptors (Lipinski definition) is 3.